The third-order valence-corrected chi connectivity index (χ3v) is 15.8. The first-order valence-electron chi connectivity index (χ1n) is 23.6. The number of carbonyl (C=O) groups excluding carboxylic acids is 2. The first-order chi connectivity index (χ1) is 34.0. The topological polar surface area (TPSA) is 197 Å². The molecule has 0 atom stereocenters. The second-order valence-electron chi connectivity index (χ2n) is 18.9. The first kappa shape index (κ1) is 48.0. The van der Waals surface area contributed by atoms with E-state index in [0.717, 1.165) is 73.8 Å². The van der Waals surface area contributed by atoms with Gasteiger partial charge in [0.2, 0.25) is 11.9 Å². The van der Waals surface area contributed by atoms with Gasteiger partial charge in [-0.1, -0.05) is 0 Å². The lowest BCUT2D eigenvalue weighted by Gasteiger charge is -2.40. The number of urea groups is 1. The van der Waals surface area contributed by atoms with Crippen LogP contribution in [0.1, 0.15) is 30.7 Å². The normalized spacial score (nSPS) is 16.3. The molecule has 10 rings (SSSR count). The highest BCUT2D eigenvalue weighted by molar-refractivity contribution is 9.10. The average molecular weight is 1050 g/mol. The van der Waals surface area contributed by atoms with Crippen LogP contribution >= 0.6 is 23.1 Å². The number of carbonyl (C=O) groups is 2. The number of amides is 3. The molecule has 3 aliphatic heterocycles. The van der Waals surface area contributed by atoms with Crippen molar-refractivity contribution in [3.05, 3.63) is 76.7 Å². The van der Waals surface area contributed by atoms with Crippen molar-refractivity contribution in [3.8, 4) is 16.9 Å². The molecular weight excluding hydrogens is 993 g/mol. The van der Waals surface area contributed by atoms with Crippen LogP contribution in [0.15, 0.2) is 59.5 Å². The largest absolute Gasteiger partial charge is 0.494 e. The molecule has 7 heterocycles. The molecule has 3 fully saturated rings. The molecular formula is C49H56BrFN15O4P. The van der Waals surface area contributed by atoms with Crippen LogP contribution in [0.2, 0.25) is 0 Å². The molecule has 71 heavy (non-hydrogen) atoms. The molecule has 0 bridgehead atoms. The minimum absolute atomic E-state index is 0.159. The molecule has 3 amide bonds. The van der Waals surface area contributed by atoms with Gasteiger partial charge in [-0.3, -0.25) is 29.3 Å². The lowest BCUT2D eigenvalue weighted by molar-refractivity contribution is -0.120. The summed E-state index contributed by atoms with van der Waals surface area (Å²) in [6, 6.07) is 10.6. The van der Waals surface area contributed by atoms with Gasteiger partial charge in [-0.15, -0.1) is 0 Å². The van der Waals surface area contributed by atoms with E-state index in [4.69, 9.17) is 19.7 Å². The lowest BCUT2D eigenvalue weighted by Crippen LogP contribution is -2.49. The van der Waals surface area contributed by atoms with Gasteiger partial charge in [0.05, 0.1) is 62.6 Å². The number of benzene rings is 3. The van der Waals surface area contributed by atoms with Crippen molar-refractivity contribution < 1.29 is 23.3 Å². The Hall–Kier alpha value is -6.70. The summed E-state index contributed by atoms with van der Waals surface area (Å²) in [5, 5.41) is 19.4. The summed E-state index contributed by atoms with van der Waals surface area (Å²) in [6.45, 7) is 13.1. The van der Waals surface area contributed by atoms with Gasteiger partial charge >= 0.3 is 6.03 Å². The summed E-state index contributed by atoms with van der Waals surface area (Å²) < 4.78 is 39.8. The molecule has 3 N–H and O–H groups in total. The molecule has 0 saturated carbocycles. The molecule has 7 aromatic rings. The predicted molar refractivity (Wildman–Crippen MR) is 279 cm³/mol. The molecule has 3 aromatic carbocycles. The molecule has 0 unspecified atom stereocenters. The number of halogens is 2. The van der Waals surface area contributed by atoms with Gasteiger partial charge in [0, 0.05) is 114 Å². The Balaban J connectivity index is 0.819. The van der Waals surface area contributed by atoms with Crippen molar-refractivity contribution in [2.24, 2.45) is 20.0 Å². The lowest BCUT2D eigenvalue weighted by atomic mass is 9.94. The Bertz CT molecular complexity index is 3290. The fourth-order valence-corrected chi connectivity index (χ4v) is 11.6. The zero-order valence-electron chi connectivity index (χ0n) is 40.8. The summed E-state index contributed by atoms with van der Waals surface area (Å²) in [7, 11) is 2.49. The molecule has 0 aliphatic carbocycles. The Morgan fingerprint density at radius 2 is 1.63 bits per heavy atom. The molecule has 4 aromatic heterocycles. The van der Waals surface area contributed by atoms with Crippen molar-refractivity contribution in [2.75, 3.05) is 98.1 Å². The Morgan fingerprint density at radius 1 is 0.887 bits per heavy atom. The molecule has 3 aliphatic rings. The van der Waals surface area contributed by atoms with E-state index in [0.29, 0.717) is 91.1 Å². The van der Waals surface area contributed by atoms with Crippen LogP contribution in [0.25, 0.3) is 33.1 Å². The van der Waals surface area contributed by atoms with E-state index < -0.39 is 13.2 Å². The van der Waals surface area contributed by atoms with Crippen LogP contribution in [-0.2, 0) is 23.5 Å². The van der Waals surface area contributed by atoms with E-state index in [1.165, 1.54) is 11.0 Å². The Morgan fingerprint density at radius 3 is 2.34 bits per heavy atom. The maximum absolute atomic E-state index is 15.9. The van der Waals surface area contributed by atoms with E-state index >= 15 is 4.39 Å². The summed E-state index contributed by atoms with van der Waals surface area (Å²) in [4.78, 5) is 51.7. The van der Waals surface area contributed by atoms with Gasteiger partial charge < -0.3 is 29.7 Å². The highest BCUT2D eigenvalue weighted by Gasteiger charge is 2.31. The summed E-state index contributed by atoms with van der Waals surface area (Å²) >= 11 is 3.62. The number of methoxy groups -OCH3 is 1. The monoisotopic (exact) mass is 1050 g/mol. The fourth-order valence-electron chi connectivity index (χ4n) is 9.93. The molecule has 3 saturated heterocycles. The molecule has 19 nitrogen and oxygen atoms in total. The molecule has 370 valence electrons. The highest BCUT2D eigenvalue weighted by Crippen LogP contribution is 2.44. The number of nitrogens with one attached hydrogen (secondary N) is 3. The first-order valence-corrected chi connectivity index (χ1v) is 27.0. The number of hydrogen-bond acceptors (Lipinski definition) is 15. The Labute approximate surface area is 418 Å². The van der Waals surface area contributed by atoms with Crippen molar-refractivity contribution >= 4 is 103 Å². The summed E-state index contributed by atoms with van der Waals surface area (Å²) in [6.07, 6.45) is 7.71. The predicted octanol–water partition coefficient (Wildman–Crippen LogP) is 7.45. The third-order valence-electron chi connectivity index (χ3n) is 13.7. The van der Waals surface area contributed by atoms with E-state index in [9.17, 15) is 14.2 Å². The van der Waals surface area contributed by atoms with Crippen LogP contribution in [0.3, 0.4) is 0 Å². The smallest absolute Gasteiger partial charge is 0.329 e. The van der Waals surface area contributed by atoms with E-state index in [2.05, 4.69) is 73.9 Å². The fraction of sp³-hybridized carbons (Fsp3) is 0.388. The molecule has 0 spiro atoms. The number of aryl methyl sites for hydroxylation is 4. The number of piperazine rings is 1. The van der Waals surface area contributed by atoms with Crippen LogP contribution in [0, 0.1) is 25.6 Å². The van der Waals surface area contributed by atoms with Crippen molar-refractivity contribution in [1.29, 1.82) is 0 Å². The van der Waals surface area contributed by atoms with E-state index in [1.807, 2.05) is 51.5 Å². The van der Waals surface area contributed by atoms with Crippen LogP contribution in [-0.4, -0.2) is 129 Å². The average Bonchev–Trinajstić information content (AvgIpc) is 3.91. The quantitative estimate of drug-likeness (QED) is 0.102. The van der Waals surface area contributed by atoms with Crippen molar-refractivity contribution in [2.45, 2.75) is 33.1 Å². The maximum atomic E-state index is 15.9. The van der Waals surface area contributed by atoms with Gasteiger partial charge in [-0.25, -0.2) is 24.1 Å². The standard InChI is InChI=1S/C49H56BrFN15O4P/c1-28-29(2)55-44-36(54-28)8-9-37(45(44)71(6,7)69)56-46-34(50)25-52-48(59-46)57-38-21-32(31-24-53-61(3)27-31)40(23-42(38)70-5)64-13-10-30(11-14-64)26-63-16-18-65(19-17-63)41-22-39-33(20-35(41)51)47(60-62(39)4)66-15-12-43(67)58-49(66)68/h8-9,20-25,27,30H,10-19,26H2,1-7H3,(H,58,67,68)(H2,52,56,57,59). The second kappa shape index (κ2) is 19.1. The van der Waals surface area contributed by atoms with E-state index in [-0.39, 0.29) is 24.7 Å². The highest BCUT2D eigenvalue weighted by atomic mass is 79.9. The van der Waals surface area contributed by atoms with E-state index in [1.54, 1.807) is 43.0 Å². The zero-order valence-corrected chi connectivity index (χ0v) is 43.2. The van der Waals surface area contributed by atoms with Gasteiger partial charge in [0.25, 0.3) is 0 Å². The number of ether oxygens (including phenoxy) is 1. The number of imide groups is 1. The number of rotatable bonds is 12. The third kappa shape index (κ3) is 9.61. The van der Waals surface area contributed by atoms with Gasteiger partial charge in [0.15, 0.2) is 5.82 Å². The van der Waals surface area contributed by atoms with Crippen molar-refractivity contribution in [3.63, 3.8) is 0 Å². The number of hydrogen-bond donors (Lipinski definition) is 3. The van der Waals surface area contributed by atoms with Crippen LogP contribution < -0.4 is 40.7 Å². The second-order valence-corrected chi connectivity index (χ2v) is 22.9. The number of anilines is 7. The number of aromatic nitrogens is 8. The van der Waals surface area contributed by atoms with Gasteiger partial charge in [0.1, 0.15) is 30.0 Å². The molecule has 0 radical (unpaired) electrons. The van der Waals surface area contributed by atoms with Gasteiger partial charge in [-0.2, -0.15) is 15.2 Å². The summed E-state index contributed by atoms with van der Waals surface area (Å²) in [5.41, 5.74) is 8.40. The minimum Gasteiger partial charge on any atom is -0.494 e. The SMILES string of the molecule is COc1cc(N2CCC(CN3CCN(c4cc5c(cc4F)c(N4CCC(=O)NC4=O)nn5C)CC3)CC2)c(-c2cnn(C)c2)cc1Nc1ncc(Br)c(Nc2ccc3nc(C)c(C)nc3c2P(C)(C)=O)n1. The number of nitrogens with zero attached hydrogens (tertiary/aromatic N) is 12. The van der Waals surface area contributed by atoms with Gasteiger partial charge in [-0.05, 0) is 92.2 Å². The van der Waals surface area contributed by atoms with Crippen LogP contribution in [0.4, 0.5) is 49.5 Å². The number of piperidine rings is 1. The molecule has 22 heteroatoms. The van der Waals surface area contributed by atoms with Crippen LogP contribution in [0.5, 0.6) is 5.75 Å². The zero-order chi connectivity index (χ0) is 49.9. The maximum Gasteiger partial charge on any atom is 0.329 e. The number of fused-ring (bicyclic) bond motifs is 2. The summed E-state index contributed by atoms with van der Waals surface area (Å²) in [5.74, 6) is 1.56. The van der Waals surface area contributed by atoms with Crippen molar-refractivity contribution in [1.82, 2.24) is 49.7 Å². The minimum atomic E-state index is -2.85. The Kier molecular flexibility index (Phi) is 12.9.